The zero-order valence-corrected chi connectivity index (χ0v) is 9.80. The quantitative estimate of drug-likeness (QED) is 0.860. The van der Waals surface area contributed by atoms with Gasteiger partial charge in [-0.1, -0.05) is 0 Å². The Morgan fingerprint density at radius 1 is 1.47 bits per heavy atom. The molecule has 4 nitrogen and oxygen atoms in total. The highest BCUT2D eigenvalue weighted by Crippen LogP contribution is 2.27. The summed E-state index contributed by atoms with van der Waals surface area (Å²) in [6, 6.07) is 4.06. The maximum absolute atomic E-state index is 5.75. The number of aromatic nitrogens is 2. The molecule has 4 heteroatoms. The van der Waals surface area contributed by atoms with Crippen molar-refractivity contribution in [3.63, 3.8) is 0 Å². The van der Waals surface area contributed by atoms with Crippen molar-refractivity contribution in [2.24, 2.45) is 5.73 Å². The van der Waals surface area contributed by atoms with E-state index >= 15 is 0 Å². The second kappa shape index (κ2) is 4.47. The predicted octanol–water partition coefficient (Wildman–Crippen LogP) is 2.03. The fourth-order valence-corrected chi connectivity index (χ4v) is 2.30. The van der Waals surface area contributed by atoms with Crippen LogP contribution in [0.2, 0.25) is 0 Å². The van der Waals surface area contributed by atoms with Crippen molar-refractivity contribution in [3.05, 3.63) is 35.8 Å². The lowest BCUT2D eigenvalue weighted by atomic mass is 10.1. The Bertz CT molecular complexity index is 514. The monoisotopic (exact) mass is 231 g/mol. The van der Waals surface area contributed by atoms with E-state index in [1.807, 2.05) is 22.7 Å². The Kier molecular flexibility index (Phi) is 2.82. The maximum Gasteiger partial charge on any atom is 0.137 e. The zero-order chi connectivity index (χ0) is 11.7. The fraction of sp³-hybridized carbons (Fsp3) is 0.462. The minimum Gasteiger partial charge on any atom is -0.372 e. The van der Waals surface area contributed by atoms with Crippen LogP contribution in [0.5, 0.6) is 0 Å². The van der Waals surface area contributed by atoms with Gasteiger partial charge in [0.05, 0.1) is 5.69 Å². The van der Waals surface area contributed by atoms with Crippen molar-refractivity contribution in [2.75, 3.05) is 6.61 Å². The molecule has 0 saturated carbocycles. The lowest BCUT2D eigenvalue weighted by Crippen LogP contribution is -2.11. The Morgan fingerprint density at radius 2 is 2.41 bits per heavy atom. The first-order valence-electron chi connectivity index (χ1n) is 6.16. The number of ether oxygens (including phenoxy) is 1. The van der Waals surface area contributed by atoms with Gasteiger partial charge in [-0.25, -0.2) is 4.98 Å². The molecule has 1 saturated heterocycles. The van der Waals surface area contributed by atoms with Crippen LogP contribution >= 0.6 is 0 Å². The molecule has 1 aliphatic rings. The molecule has 0 aliphatic carbocycles. The SMILES string of the molecule is NCc1ccn2cc(C3CCCCO3)nc2c1. The van der Waals surface area contributed by atoms with Crippen LogP contribution in [0.3, 0.4) is 0 Å². The molecule has 3 heterocycles. The smallest absolute Gasteiger partial charge is 0.137 e. The Hall–Kier alpha value is -1.39. The van der Waals surface area contributed by atoms with E-state index in [1.165, 1.54) is 12.8 Å². The Morgan fingerprint density at radius 3 is 3.18 bits per heavy atom. The lowest BCUT2D eigenvalue weighted by Gasteiger charge is -2.20. The second-order valence-corrected chi connectivity index (χ2v) is 4.53. The van der Waals surface area contributed by atoms with Crippen LogP contribution in [0.15, 0.2) is 24.5 Å². The molecule has 2 N–H and O–H groups in total. The van der Waals surface area contributed by atoms with Gasteiger partial charge in [0.2, 0.25) is 0 Å². The van der Waals surface area contributed by atoms with E-state index in [4.69, 9.17) is 10.5 Å². The molecule has 1 fully saturated rings. The predicted molar refractivity (Wildman–Crippen MR) is 65.6 cm³/mol. The standard InChI is InChI=1S/C13H17N3O/c14-8-10-4-5-16-9-11(15-13(16)7-10)12-3-1-2-6-17-12/h4-5,7,9,12H,1-3,6,8,14H2. The van der Waals surface area contributed by atoms with Gasteiger partial charge < -0.3 is 14.9 Å². The van der Waals surface area contributed by atoms with E-state index in [-0.39, 0.29) is 6.10 Å². The van der Waals surface area contributed by atoms with Crippen LogP contribution in [0.25, 0.3) is 5.65 Å². The maximum atomic E-state index is 5.75. The number of nitrogens with two attached hydrogens (primary N) is 1. The molecule has 0 bridgehead atoms. The largest absolute Gasteiger partial charge is 0.372 e. The molecule has 0 amide bonds. The molecule has 2 aromatic heterocycles. The number of nitrogens with zero attached hydrogens (tertiary/aromatic N) is 2. The Labute approximate surface area is 100 Å². The van der Waals surface area contributed by atoms with Crippen LogP contribution in [0.1, 0.15) is 36.6 Å². The van der Waals surface area contributed by atoms with Crippen molar-refractivity contribution in [1.82, 2.24) is 9.38 Å². The average molecular weight is 231 g/mol. The lowest BCUT2D eigenvalue weighted by molar-refractivity contribution is 0.0126. The van der Waals surface area contributed by atoms with E-state index in [0.717, 1.165) is 29.9 Å². The molecule has 0 spiro atoms. The third-order valence-electron chi connectivity index (χ3n) is 3.29. The molecule has 3 rings (SSSR count). The Balaban J connectivity index is 1.95. The summed E-state index contributed by atoms with van der Waals surface area (Å²) in [4.78, 5) is 4.63. The summed E-state index contributed by atoms with van der Waals surface area (Å²) in [6.45, 7) is 1.41. The molecule has 90 valence electrons. The van der Waals surface area contributed by atoms with Crippen molar-refractivity contribution >= 4 is 5.65 Å². The van der Waals surface area contributed by atoms with Gasteiger partial charge >= 0.3 is 0 Å². The minimum absolute atomic E-state index is 0.171. The number of imidazole rings is 1. The van der Waals surface area contributed by atoms with Crippen molar-refractivity contribution in [2.45, 2.75) is 31.9 Å². The summed E-state index contributed by atoms with van der Waals surface area (Å²) < 4.78 is 7.78. The summed E-state index contributed by atoms with van der Waals surface area (Å²) in [5.74, 6) is 0. The third-order valence-corrected chi connectivity index (χ3v) is 3.29. The number of fused-ring (bicyclic) bond motifs is 1. The van der Waals surface area contributed by atoms with Crippen LogP contribution in [0, 0.1) is 0 Å². The van der Waals surface area contributed by atoms with Crippen molar-refractivity contribution < 1.29 is 4.74 Å². The van der Waals surface area contributed by atoms with E-state index in [0.29, 0.717) is 6.54 Å². The van der Waals surface area contributed by atoms with Crippen LogP contribution in [-0.2, 0) is 11.3 Å². The van der Waals surface area contributed by atoms with E-state index in [2.05, 4.69) is 11.2 Å². The molecular formula is C13H17N3O. The zero-order valence-electron chi connectivity index (χ0n) is 9.80. The van der Waals surface area contributed by atoms with Gasteiger partial charge in [0, 0.05) is 25.5 Å². The normalized spacial score (nSPS) is 20.9. The van der Waals surface area contributed by atoms with E-state index in [9.17, 15) is 0 Å². The highest BCUT2D eigenvalue weighted by molar-refractivity contribution is 5.43. The summed E-state index contributed by atoms with van der Waals surface area (Å²) in [5, 5.41) is 0. The van der Waals surface area contributed by atoms with Crippen LogP contribution in [-0.4, -0.2) is 16.0 Å². The molecule has 1 atom stereocenters. The van der Waals surface area contributed by atoms with Gasteiger partial charge in [-0.15, -0.1) is 0 Å². The third kappa shape index (κ3) is 2.06. The van der Waals surface area contributed by atoms with Gasteiger partial charge in [0.25, 0.3) is 0 Å². The van der Waals surface area contributed by atoms with Crippen LogP contribution in [0.4, 0.5) is 0 Å². The first kappa shape index (κ1) is 10.7. The van der Waals surface area contributed by atoms with Gasteiger partial charge in [0.1, 0.15) is 11.8 Å². The highest BCUT2D eigenvalue weighted by atomic mass is 16.5. The van der Waals surface area contributed by atoms with Gasteiger partial charge in [-0.2, -0.15) is 0 Å². The molecule has 2 aromatic rings. The van der Waals surface area contributed by atoms with Gasteiger partial charge in [0.15, 0.2) is 0 Å². The number of pyridine rings is 1. The first-order chi connectivity index (χ1) is 8.36. The second-order valence-electron chi connectivity index (χ2n) is 4.53. The fourth-order valence-electron chi connectivity index (χ4n) is 2.30. The highest BCUT2D eigenvalue weighted by Gasteiger charge is 2.18. The van der Waals surface area contributed by atoms with Gasteiger partial charge in [-0.05, 0) is 37.0 Å². The number of hydrogen-bond donors (Lipinski definition) is 1. The minimum atomic E-state index is 0.171. The summed E-state index contributed by atoms with van der Waals surface area (Å²) >= 11 is 0. The summed E-state index contributed by atoms with van der Waals surface area (Å²) in [5.41, 5.74) is 8.74. The van der Waals surface area contributed by atoms with Crippen LogP contribution < -0.4 is 5.73 Å². The van der Waals surface area contributed by atoms with E-state index in [1.54, 1.807) is 0 Å². The van der Waals surface area contributed by atoms with Crippen molar-refractivity contribution in [3.8, 4) is 0 Å². The molecule has 1 unspecified atom stereocenters. The molecule has 0 aromatic carbocycles. The number of hydrogen-bond acceptors (Lipinski definition) is 3. The molecule has 17 heavy (non-hydrogen) atoms. The first-order valence-corrected chi connectivity index (χ1v) is 6.16. The summed E-state index contributed by atoms with van der Waals surface area (Å²) in [6.07, 6.45) is 7.72. The average Bonchev–Trinajstić information content (AvgIpc) is 2.82. The van der Waals surface area contributed by atoms with E-state index < -0.39 is 0 Å². The molecule has 0 radical (unpaired) electrons. The van der Waals surface area contributed by atoms with Gasteiger partial charge in [-0.3, -0.25) is 0 Å². The summed E-state index contributed by atoms with van der Waals surface area (Å²) in [7, 11) is 0. The number of rotatable bonds is 2. The topological polar surface area (TPSA) is 52.5 Å². The molecule has 1 aliphatic heterocycles. The van der Waals surface area contributed by atoms with Crippen molar-refractivity contribution in [1.29, 1.82) is 0 Å². The molecular weight excluding hydrogens is 214 g/mol.